The van der Waals surface area contributed by atoms with Crippen molar-refractivity contribution in [2.45, 2.75) is 58.0 Å². The van der Waals surface area contributed by atoms with Crippen LogP contribution in [0.1, 0.15) is 51.9 Å². The summed E-state index contributed by atoms with van der Waals surface area (Å²) in [4.78, 5) is 2.34. The zero-order chi connectivity index (χ0) is 10.2. The van der Waals surface area contributed by atoms with Crippen LogP contribution in [0.3, 0.4) is 0 Å². The van der Waals surface area contributed by atoms with Crippen LogP contribution < -0.4 is 0 Å². The van der Waals surface area contributed by atoms with Gasteiger partial charge in [0.05, 0.1) is 6.10 Å². The van der Waals surface area contributed by atoms with Gasteiger partial charge in [0.15, 0.2) is 0 Å². The van der Waals surface area contributed by atoms with Gasteiger partial charge in [-0.1, -0.05) is 45.4 Å². The molecule has 2 nitrogen and oxygen atoms in total. The van der Waals surface area contributed by atoms with E-state index in [4.69, 9.17) is 5.11 Å². The summed E-state index contributed by atoms with van der Waals surface area (Å²) in [5.41, 5.74) is 0. The molecular formula is C12H25NO. The normalized spacial score (nSPS) is 18.4. The van der Waals surface area contributed by atoms with E-state index in [0.29, 0.717) is 0 Å². The number of β-amino-alcohol motifs (C(OH)–C–C–N with tert-alkyl or cyclic N) is 1. The molecule has 1 aliphatic heterocycles. The molecule has 1 N–H and O–H groups in total. The molecule has 0 radical (unpaired) electrons. The molecular weight excluding hydrogens is 174 g/mol. The molecule has 0 amide bonds. The molecule has 0 aromatic carbocycles. The minimum atomic E-state index is -0.0282. The standard InChI is InChI=1S/C12H25NO/c1-2-3-4-5-6-7-8-9-13-10-12(14)11-13/h12,14H,2-11H2,1H3. The molecule has 1 saturated heterocycles. The predicted octanol–water partition coefficient (Wildman–Crippen LogP) is 2.41. The Bertz CT molecular complexity index is 132. The van der Waals surface area contributed by atoms with Gasteiger partial charge in [-0.25, -0.2) is 0 Å². The largest absolute Gasteiger partial charge is 0.390 e. The monoisotopic (exact) mass is 199 g/mol. The van der Waals surface area contributed by atoms with Crippen molar-refractivity contribution >= 4 is 0 Å². The molecule has 0 aromatic rings. The number of hydrogen-bond donors (Lipinski definition) is 1. The van der Waals surface area contributed by atoms with Crippen LogP contribution >= 0.6 is 0 Å². The molecule has 0 spiro atoms. The number of hydrogen-bond acceptors (Lipinski definition) is 2. The van der Waals surface area contributed by atoms with Gasteiger partial charge in [0.25, 0.3) is 0 Å². The van der Waals surface area contributed by atoms with Crippen LogP contribution in [-0.2, 0) is 0 Å². The van der Waals surface area contributed by atoms with E-state index in [0.717, 1.165) is 13.1 Å². The fourth-order valence-corrected chi connectivity index (χ4v) is 2.02. The average molecular weight is 199 g/mol. The first-order valence-corrected chi connectivity index (χ1v) is 6.23. The first-order chi connectivity index (χ1) is 6.83. The molecule has 0 aliphatic carbocycles. The fourth-order valence-electron chi connectivity index (χ4n) is 2.02. The van der Waals surface area contributed by atoms with E-state index < -0.39 is 0 Å². The van der Waals surface area contributed by atoms with Crippen LogP contribution in [0.25, 0.3) is 0 Å². The van der Waals surface area contributed by atoms with E-state index in [-0.39, 0.29) is 6.10 Å². The lowest BCUT2D eigenvalue weighted by Gasteiger charge is -2.35. The Morgan fingerprint density at radius 1 is 1.00 bits per heavy atom. The lowest BCUT2D eigenvalue weighted by molar-refractivity contribution is 0.00147. The second-order valence-electron chi connectivity index (χ2n) is 4.53. The summed E-state index contributed by atoms with van der Waals surface area (Å²) in [6.07, 6.45) is 9.63. The summed E-state index contributed by atoms with van der Waals surface area (Å²) in [5, 5.41) is 9.08. The van der Waals surface area contributed by atoms with Crippen molar-refractivity contribution in [2.75, 3.05) is 19.6 Å². The summed E-state index contributed by atoms with van der Waals surface area (Å²) in [6, 6.07) is 0. The zero-order valence-corrected chi connectivity index (χ0v) is 9.54. The second-order valence-corrected chi connectivity index (χ2v) is 4.53. The molecule has 1 fully saturated rings. The summed E-state index contributed by atoms with van der Waals surface area (Å²) < 4.78 is 0. The molecule has 0 aromatic heterocycles. The quantitative estimate of drug-likeness (QED) is 0.607. The highest BCUT2D eigenvalue weighted by molar-refractivity contribution is 4.77. The molecule has 14 heavy (non-hydrogen) atoms. The van der Waals surface area contributed by atoms with Gasteiger partial charge in [-0.05, 0) is 13.0 Å². The summed E-state index contributed by atoms with van der Waals surface area (Å²) in [6.45, 7) is 5.28. The predicted molar refractivity (Wildman–Crippen MR) is 60.4 cm³/mol. The Morgan fingerprint density at radius 3 is 2.14 bits per heavy atom. The number of nitrogens with zero attached hydrogens (tertiary/aromatic N) is 1. The van der Waals surface area contributed by atoms with Gasteiger partial charge in [-0.2, -0.15) is 0 Å². The van der Waals surface area contributed by atoms with Gasteiger partial charge < -0.3 is 5.11 Å². The first kappa shape index (κ1) is 12.0. The Balaban J connectivity index is 1.72. The van der Waals surface area contributed by atoms with Crippen molar-refractivity contribution in [3.05, 3.63) is 0 Å². The highest BCUT2D eigenvalue weighted by atomic mass is 16.3. The number of aliphatic hydroxyl groups is 1. The molecule has 1 aliphatic rings. The van der Waals surface area contributed by atoms with Crippen molar-refractivity contribution in [3.63, 3.8) is 0 Å². The number of unbranched alkanes of at least 4 members (excludes halogenated alkanes) is 6. The molecule has 1 heterocycles. The second kappa shape index (κ2) is 7.24. The van der Waals surface area contributed by atoms with Gasteiger partial charge in [0.1, 0.15) is 0 Å². The Morgan fingerprint density at radius 2 is 1.57 bits per heavy atom. The lowest BCUT2D eigenvalue weighted by atomic mass is 10.1. The fraction of sp³-hybridized carbons (Fsp3) is 1.00. The third-order valence-corrected chi connectivity index (χ3v) is 3.02. The summed E-state index contributed by atoms with van der Waals surface area (Å²) in [7, 11) is 0. The van der Waals surface area contributed by atoms with Crippen LogP contribution in [-0.4, -0.2) is 35.7 Å². The Hall–Kier alpha value is -0.0800. The van der Waals surface area contributed by atoms with Crippen molar-refractivity contribution in [3.8, 4) is 0 Å². The van der Waals surface area contributed by atoms with E-state index in [1.165, 1.54) is 51.5 Å². The van der Waals surface area contributed by atoms with E-state index in [1.54, 1.807) is 0 Å². The van der Waals surface area contributed by atoms with Crippen molar-refractivity contribution in [1.82, 2.24) is 4.90 Å². The SMILES string of the molecule is CCCCCCCCCN1CC(O)C1. The maximum Gasteiger partial charge on any atom is 0.0793 e. The summed E-state index contributed by atoms with van der Waals surface area (Å²) in [5.74, 6) is 0. The maximum absolute atomic E-state index is 9.08. The van der Waals surface area contributed by atoms with Gasteiger partial charge in [0, 0.05) is 13.1 Å². The van der Waals surface area contributed by atoms with Crippen LogP contribution in [0.2, 0.25) is 0 Å². The first-order valence-electron chi connectivity index (χ1n) is 6.23. The van der Waals surface area contributed by atoms with Crippen LogP contribution in [0.5, 0.6) is 0 Å². The van der Waals surface area contributed by atoms with E-state index >= 15 is 0 Å². The van der Waals surface area contributed by atoms with Gasteiger partial charge in [-0.3, -0.25) is 4.90 Å². The highest BCUT2D eigenvalue weighted by Crippen LogP contribution is 2.11. The third kappa shape index (κ3) is 4.97. The Kier molecular flexibility index (Phi) is 6.20. The van der Waals surface area contributed by atoms with Gasteiger partial charge in [-0.15, -0.1) is 0 Å². The minimum Gasteiger partial charge on any atom is -0.390 e. The topological polar surface area (TPSA) is 23.5 Å². The van der Waals surface area contributed by atoms with Gasteiger partial charge >= 0.3 is 0 Å². The van der Waals surface area contributed by atoms with Crippen LogP contribution in [0.15, 0.2) is 0 Å². The minimum absolute atomic E-state index is 0.0282. The van der Waals surface area contributed by atoms with Crippen LogP contribution in [0.4, 0.5) is 0 Å². The average Bonchev–Trinajstić information content (AvgIpc) is 2.13. The van der Waals surface area contributed by atoms with E-state index in [2.05, 4.69) is 11.8 Å². The molecule has 0 bridgehead atoms. The molecule has 1 rings (SSSR count). The smallest absolute Gasteiger partial charge is 0.0793 e. The summed E-state index contributed by atoms with van der Waals surface area (Å²) >= 11 is 0. The Labute approximate surface area is 88.3 Å². The number of aliphatic hydroxyl groups excluding tert-OH is 1. The highest BCUT2D eigenvalue weighted by Gasteiger charge is 2.22. The molecule has 0 atom stereocenters. The van der Waals surface area contributed by atoms with Crippen LogP contribution in [0, 0.1) is 0 Å². The lowest BCUT2D eigenvalue weighted by Crippen LogP contribution is -2.50. The maximum atomic E-state index is 9.08. The van der Waals surface area contributed by atoms with Gasteiger partial charge in [0.2, 0.25) is 0 Å². The van der Waals surface area contributed by atoms with E-state index in [1.807, 2.05) is 0 Å². The van der Waals surface area contributed by atoms with E-state index in [9.17, 15) is 0 Å². The molecule has 0 unspecified atom stereocenters. The van der Waals surface area contributed by atoms with Crippen molar-refractivity contribution in [1.29, 1.82) is 0 Å². The van der Waals surface area contributed by atoms with Crippen molar-refractivity contribution in [2.24, 2.45) is 0 Å². The third-order valence-electron chi connectivity index (χ3n) is 3.02. The molecule has 2 heteroatoms. The molecule has 84 valence electrons. The zero-order valence-electron chi connectivity index (χ0n) is 9.54. The van der Waals surface area contributed by atoms with Crippen molar-refractivity contribution < 1.29 is 5.11 Å². The number of likely N-dealkylation sites (tertiary alicyclic amines) is 1. The number of rotatable bonds is 8. The molecule has 0 saturated carbocycles.